The van der Waals surface area contributed by atoms with Gasteiger partial charge in [0.1, 0.15) is 11.1 Å². The first kappa shape index (κ1) is 14.9. The first-order chi connectivity index (χ1) is 8.27. The molecule has 1 unspecified atom stereocenters. The van der Waals surface area contributed by atoms with Crippen LogP contribution in [0.2, 0.25) is 0 Å². The third-order valence-electron chi connectivity index (χ3n) is 2.08. The van der Waals surface area contributed by atoms with Crippen LogP contribution in [0, 0.1) is 0 Å². The van der Waals surface area contributed by atoms with Gasteiger partial charge in [-0.1, -0.05) is 0 Å². The molecule has 0 N–H and O–H groups in total. The molecule has 98 valence electrons. The van der Waals surface area contributed by atoms with Crippen molar-refractivity contribution in [2.24, 2.45) is 0 Å². The highest BCUT2D eigenvalue weighted by atomic mass is 35.5. The highest BCUT2D eigenvalue weighted by Crippen LogP contribution is 2.21. The van der Waals surface area contributed by atoms with Crippen LogP contribution in [0.1, 0.15) is 23.7 Å². The molecule has 0 radical (unpaired) electrons. The van der Waals surface area contributed by atoms with Gasteiger partial charge in [0.2, 0.25) is 0 Å². The third-order valence-corrected chi connectivity index (χ3v) is 3.41. The second-order valence-electron chi connectivity index (χ2n) is 3.43. The van der Waals surface area contributed by atoms with E-state index in [1.807, 2.05) is 12.3 Å². The van der Waals surface area contributed by atoms with Crippen LogP contribution in [0.3, 0.4) is 0 Å². The molecule has 1 aromatic heterocycles. The topological polar surface area (TPSA) is 40.6 Å². The summed E-state index contributed by atoms with van der Waals surface area (Å²) in [6.07, 6.45) is -0.0111. The van der Waals surface area contributed by atoms with E-state index in [1.165, 1.54) is 0 Å². The molecule has 0 fully saturated rings. The number of methoxy groups -OCH3 is 1. The molecule has 0 aliphatic heterocycles. The fraction of sp³-hybridized carbons (Fsp3) is 0.727. The molecule has 1 aromatic rings. The lowest BCUT2D eigenvalue weighted by Crippen LogP contribution is -2.10. The normalized spacial score (nSPS) is 12.9. The molecule has 1 rings (SSSR count). The summed E-state index contributed by atoms with van der Waals surface area (Å²) in [5, 5.41) is 2.91. The summed E-state index contributed by atoms with van der Waals surface area (Å²) in [6.45, 7) is 4.32. The van der Waals surface area contributed by atoms with Gasteiger partial charge >= 0.3 is 0 Å². The summed E-state index contributed by atoms with van der Waals surface area (Å²) in [7, 11) is 1.65. The van der Waals surface area contributed by atoms with Gasteiger partial charge in [-0.15, -0.1) is 22.9 Å². The van der Waals surface area contributed by atoms with Crippen LogP contribution in [-0.4, -0.2) is 38.5 Å². The molecule has 0 saturated carbocycles. The van der Waals surface area contributed by atoms with E-state index in [0.717, 1.165) is 10.7 Å². The number of rotatable bonds is 9. The van der Waals surface area contributed by atoms with Gasteiger partial charge < -0.3 is 14.2 Å². The summed E-state index contributed by atoms with van der Waals surface area (Å²) in [6, 6.07) is 0. The van der Waals surface area contributed by atoms with Crippen LogP contribution in [0.25, 0.3) is 0 Å². The van der Waals surface area contributed by atoms with Crippen molar-refractivity contribution < 1.29 is 14.2 Å². The standard InChI is InChI=1S/C11H18ClNO3S/c1-9(11-13-10(7-12)8-17-11)16-6-5-15-4-3-14-2/h8-9H,3-7H2,1-2H3. The molecular formula is C11H18ClNO3S. The zero-order chi connectivity index (χ0) is 12.5. The van der Waals surface area contributed by atoms with Crippen molar-refractivity contribution in [3.63, 3.8) is 0 Å². The minimum Gasteiger partial charge on any atom is -0.382 e. The zero-order valence-corrected chi connectivity index (χ0v) is 11.7. The molecule has 0 aliphatic rings. The van der Waals surface area contributed by atoms with Crippen LogP contribution in [0.4, 0.5) is 0 Å². The molecule has 1 heterocycles. The molecule has 6 heteroatoms. The number of nitrogens with zero attached hydrogens (tertiary/aromatic N) is 1. The lowest BCUT2D eigenvalue weighted by molar-refractivity contribution is -0.00121. The molecule has 4 nitrogen and oxygen atoms in total. The Labute approximate surface area is 111 Å². The average Bonchev–Trinajstić information content (AvgIpc) is 2.82. The van der Waals surface area contributed by atoms with E-state index in [1.54, 1.807) is 18.4 Å². The Bertz CT molecular complexity index is 309. The number of hydrogen-bond donors (Lipinski definition) is 0. The van der Waals surface area contributed by atoms with Crippen molar-refractivity contribution in [1.29, 1.82) is 0 Å². The molecule has 0 bridgehead atoms. The number of aromatic nitrogens is 1. The molecule has 1 atom stereocenters. The number of halogens is 1. The second kappa shape index (κ2) is 8.83. The fourth-order valence-corrected chi connectivity index (χ4v) is 2.22. The van der Waals surface area contributed by atoms with Crippen LogP contribution in [-0.2, 0) is 20.1 Å². The lowest BCUT2D eigenvalue weighted by atomic mass is 10.4. The molecule has 0 aliphatic carbocycles. The Morgan fingerprint density at radius 2 is 2.12 bits per heavy atom. The highest BCUT2D eigenvalue weighted by molar-refractivity contribution is 7.09. The third kappa shape index (κ3) is 5.79. The van der Waals surface area contributed by atoms with Crippen LogP contribution in [0.5, 0.6) is 0 Å². The van der Waals surface area contributed by atoms with Crippen LogP contribution in [0.15, 0.2) is 5.38 Å². The predicted octanol–water partition coefficient (Wildman–Crippen LogP) is 2.62. The molecule has 17 heavy (non-hydrogen) atoms. The summed E-state index contributed by atoms with van der Waals surface area (Å²) in [5.74, 6) is 0.448. The fourth-order valence-electron chi connectivity index (χ4n) is 1.17. The molecule has 0 spiro atoms. The van der Waals surface area contributed by atoms with Gasteiger partial charge in [0.25, 0.3) is 0 Å². The van der Waals surface area contributed by atoms with Gasteiger partial charge in [0.15, 0.2) is 0 Å². The maximum atomic E-state index is 5.69. The van der Waals surface area contributed by atoms with Crippen molar-refractivity contribution in [3.05, 3.63) is 16.1 Å². The summed E-state index contributed by atoms with van der Waals surface area (Å²) in [4.78, 5) is 4.36. The highest BCUT2D eigenvalue weighted by Gasteiger charge is 2.10. The number of alkyl halides is 1. The molecule has 0 saturated heterocycles. The lowest BCUT2D eigenvalue weighted by Gasteiger charge is -2.10. The SMILES string of the molecule is COCCOCCOC(C)c1nc(CCl)cs1. The van der Waals surface area contributed by atoms with Gasteiger partial charge in [0, 0.05) is 12.5 Å². The summed E-state index contributed by atoms with van der Waals surface area (Å²) in [5.41, 5.74) is 0.901. The van der Waals surface area contributed by atoms with Crippen molar-refractivity contribution in [3.8, 4) is 0 Å². The summed E-state index contributed by atoms with van der Waals surface area (Å²) < 4.78 is 15.8. The Morgan fingerprint density at radius 1 is 1.35 bits per heavy atom. The summed E-state index contributed by atoms with van der Waals surface area (Å²) >= 11 is 7.26. The minimum atomic E-state index is -0.0111. The maximum Gasteiger partial charge on any atom is 0.122 e. The second-order valence-corrected chi connectivity index (χ2v) is 4.59. The van der Waals surface area contributed by atoms with E-state index in [0.29, 0.717) is 32.3 Å². The Hall–Kier alpha value is -0.200. The first-order valence-corrected chi connectivity index (χ1v) is 6.88. The van der Waals surface area contributed by atoms with Crippen LogP contribution >= 0.6 is 22.9 Å². The van der Waals surface area contributed by atoms with Gasteiger partial charge in [-0.3, -0.25) is 0 Å². The minimum absolute atomic E-state index is 0.0111. The van der Waals surface area contributed by atoms with Crippen molar-refractivity contribution >= 4 is 22.9 Å². The number of ether oxygens (including phenoxy) is 3. The molecular weight excluding hydrogens is 262 g/mol. The van der Waals surface area contributed by atoms with Crippen LogP contribution < -0.4 is 0 Å². The van der Waals surface area contributed by atoms with Crippen molar-refractivity contribution in [1.82, 2.24) is 4.98 Å². The van der Waals surface area contributed by atoms with E-state index in [-0.39, 0.29) is 6.10 Å². The smallest absolute Gasteiger partial charge is 0.122 e. The first-order valence-electron chi connectivity index (χ1n) is 5.46. The predicted molar refractivity (Wildman–Crippen MR) is 68.7 cm³/mol. The number of hydrogen-bond acceptors (Lipinski definition) is 5. The van der Waals surface area contributed by atoms with E-state index < -0.39 is 0 Å². The Balaban J connectivity index is 2.14. The van der Waals surface area contributed by atoms with Gasteiger partial charge in [-0.25, -0.2) is 4.98 Å². The van der Waals surface area contributed by atoms with E-state index in [2.05, 4.69) is 4.98 Å². The Morgan fingerprint density at radius 3 is 2.76 bits per heavy atom. The largest absolute Gasteiger partial charge is 0.382 e. The zero-order valence-electron chi connectivity index (χ0n) is 10.1. The maximum absolute atomic E-state index is 5.69. The average molecular weight is 280 g/mol. The van der Waals surface area contributed by atoms with Gasteiger partial charge in [0.05, 0.1) is 38.0 Å². The van der Waals surface area contributed by atoms with Crippen molar-refractivity contribution in [2.75, 3.05) is 33.5 Å². The van der Waals surface area contributed by atoms with Gasteiger partial charge in [-0.2, -0.15) is 0 Å². The monoisotopic (exact) mass is 279 g/mol. The molecule has 0 amide bonds. The quantitative estimate of drug-likeness (QED) is 0.515. The van der Waals surface area contributed by atoms with Crippen molar-refractivity contribution in [2.45, 2.75) is 18.9 Å². The van der Waals surface area contributed by atoms with E-state index >= 15 is 0 Å². The van der Waals surface area contributed by atoms with Gasteiger partial charge in [-0.05, 0) is 6.92 Å². The van der Waals surface area contributed by atoms with E-state index in [9.17, 15) is 0 Å². The number of thiazole rings is 1. The molecule has 0 aromatic carbocycles. The Kier molecular flexibility index (Phi) is 7.72. The van der Waals surface area contributed by atoms with E-state index in [4.69, 9.17) is 25.8 Å².